The van der Waals surface area contributed by atoms with Crippen LogP contribution in [0.3, 0.4) is 0 Å². The smallest absolute Gasteiger partial charge is 0.000730 e. The largest absolute Gasteiger partial charge is 0.0801 e. The van der Waals surface area contributed by atoms with Crippen LogP contribution in [0.15, 0.2) is 103 Å². The van der Waals surface area contributed by atoms with Gasteiger partial charge in [-0.15, -0.1) is 0 Å². The van der Waals surface area contributed by atoms with E-state index in [-0.39, 0.29) is 0 Å². The van der Waals surface area contributed by atoms with Gasteiger partial charge in [0.1, 0.15) is 0 Å². The predicted molar refractivity (Wildman–Crippen MR) is 145 cm³/mol. The number of benzene rings is 4. The Morgan fingerprint density at radius 3 is 2.11 bits per heavy atom. The summed E-state index contributed by atoms with van der Waals surface area (Å²) in [5.41, 5.74) is 11.4. The van der Waals surface area contributed by atoms with Crippen LogP contribution in [-0.2, 0) is 12.8 Å². The molecule has 35 heavy (non-hydrogen) atoms. The highest BCUT2D eigenvalue weighted by atomic mass is 14.3. The number of hydrogen-bond donors (Lipinski definition) is 0. The summed E-state index contributed by atoms with van der Waals surface area (Å²) in [5, 5.41) is 5.43. The van der Waals surface area contributed by atoms with Gasteiger partial charge in [-0.05, 0) is 104 Å². The molecule has 0 amide bonds. The van der Waals surface area contributed by atoms with Gasteiger partial charge in [-0.2, -0.15) is 0 Å². The van der Waals surface area contributed by atoms with Crippen molar-refractivity contribution in [3.05, 3.63) is 157 Å². The average Bonchev–Trinajstić information content (AvgIpc) is 3.46. The lowest BCUT2D eigenvalue weighted by Gasteiger charge is -2.14. The van der Waals surface area contributed by atoms with Crippen molar-refractivity contribution in [1.82, 2.24) is 0 Å². The molecule has 1 saturated carbocycles. The second-order valence-corrected chi connectivity index (χ2v) is 9.97. The molecular weight excluding hydrogens is 420 g/mol. The molecule has 0 heteroatoms. The van der Waals surface area contributed by atoms with Crippen molar-refractivity contribution in [1.29, 1.82) is 0 Å². The van der Waals surface area contributed by atoms with E-state index < -0.39 is 0 Å². The molecule has 167 valence electrons. The standard InChI is InChI=1S/C35H27/c1-3-9-24(10-4-1)19-26-15-16-29-22-33-32(31(29)21-26)23-30(20-25-11-5-2-6-12-25)34(28-17-18-28)35(33)27-13-7-8-14-27/h1-13,15-16,21,23H,14,17-20H2. The second-order valence-electron chi connectivity index (χ2n) is 9.97. The molecule has 0 spiro atoms. The van der Waals surface area contributed by atoms with E-state index >= 15 is 0 Å². The zero-order chi connectivity index (χ0) is 23.2. The lowest BCUT2D eigenvalue weighted by atomic mass is 9.89. The minimum atomic E-state index is 0.957. The third-order valence-electron chi connectivity index (χ3n) is 7.48. The van der Waals surface area contributed by atoms with Gasteiger partial charge in [-0.3, -0.25) is 0 Å². The van der Waals surface area contributed by atoms with Crippen molar-refractivity contribution in [2.24, 2.45) is 0 Å². The van der Waals surface area contributed by atoms with Crippen molar-refractivity contribution in [3.63, 3.8) is 0 Å². The van der Waals surface area contributed by atoms with E-state index in [1.807, 2.05) is 0 Å². The predicted octanol–water partition coefficient (Wildman–Crippen LogP) is 6.46. The first-order chi connectivity index (χ1) is 17.3. The molecule has 4 aromatic carbocycles. The van der Waals surface area contributed by atoms with Crippen molar-refractivity contribution in [3.8, 4) is 0 Å². The maximum Gasteiger partial charge on any atom is -0.000730 e. The van der Waals surface area contributed by atoms with E-state index in [0.717, 1.165) is 19.3 Å². The van der Waals surface area contributed by atoms with Crippen molar-refractivity contribution in [2.45, 2.75) is 32.1 Å². The molecule has 0 aromatic heterocycles. The summed E-state index contributed by atoms with van der Waals surface area (Å²) in [6.07, 6.45) is 16.1. The number of fused-ring (bicyclic) bond motifs is 2. The van der Waals surface area contributed by atoms with Gasteiger partial charge in [-0.25, -0.2) is 0 Å². The van der Waals surface area contributed by atoms with E-state index in [0.29, 0.717) is 0 Å². The molecule has 0 nitrogen and oxygen atoms in total. The quantitative estimate of drug-likeness (QED) is 0.290. The summed E-state index contributed by atoms with van der Waals surface area (Å²) in [6.45, 7) is 0. The van der Waals surface area contributed by atoms with Crippen LogP contribution < -0.4 is 10.4 Å². The molecule has 0 unspecified atom stereocenters. The Hall–Kier alpha value is -3.90. The van der Waals surface area contributed by atoms with Gasteiger partial charge in [-0.1, -0.05) is 103 Å². The molecule has 0 atom stereocenters. The third kappa shape index (κ3) is 3.80. The Morgan fingerprint density at radius 1 is 0.686 bits per heavy atom. The summed E-state index contributed by atoms with van der Waals surface area (Å²) in [4.78, 5) is 0. The normalized spacial score (nSPS) is 15.0. The highest BCUT2D eigenvalue weighted by Gasteiger charge is 2.23. The molecule has 4 aromatic rings. The van der Waals surface area contributed by atoms with Gasteiger partial charge < -0.3 is 0 Å². The van der Waals surface area contributed by atoms with E-state index in [2.05, 4.69) is 109 Å². The van der Waals surface area contributed by atoms with Crippen LogP contribution in [0.4, 0.5) is 0 Å². The molecule has 3 aliphatic carbocycles. The maximum atomic E-state index is 3.85. The van der Waals surface area contributed by atoms with Gasteiger partial charge in [0.25, 0.3) is 0 Å². The summed E-state index contributed by atoms with van der Waals surface area (Å²) < 4.78 is 0. The molecule has 0 heterocycles. The Morgan fingerprint density at radius 2 is 1.43 bits per heavy atom. The summed E-state index contributed by atoms with van der Waals surface area (Å²) in [5.74, 6) is 0. The Balaban J connectivity index is 1.49. The topological polar surface area (TPSA) is 0 Å². The summed E-state index contributed by atoms with van der Waals surface area (Å²) in [7, 11) is 0. The lowest BCUT2D eigenvalue weighted by molar-refractivity contribution is 1.15. The van der Waals surface area contributed by atoms with Gasteiger partial charge in [0, 0.05) is 0 Å². The Kier molecular flexibility index (Phi) is 4.91. The van der Waals surface area contributed by atoms with Gasteiger partial charge >= 0.3 is 0 Å². The summed E-state index contributed by atoms with van der Waals surface area (Å²) >= 11 is 0. The minimum Gasteiger partial charge on any atom is -0.0801 e. The first-order valence-corrected chi connectivity index (χ1v) is 12.7. The fourth-order valence-corrected chi connectivity index (χ4v) is 5.71. The van der Waals surface area contributed by atoms with Gasteiger partial charge in [0.05, 0.1) is 0 Å². The minimum absolute atomic E-state index is 0.957. The van der Waals surface area contributed by atoms with Gasteiger partial charge in [0.2, 0.25) is 0 Å². The van der Waals surface area contributed by atoms with E-state index in [4.69, 9.17) is 0 Å². The molecule has 0 saturated heterocycles. The molecule has 7 rings (SSSR count). The number of hydrogen-bond acceptors (Lipinski definition) is 0. The average molecular weight is 448 g/mol. The fourth-order valence-electron chi connectivity index (χ4n) is 5.71. The molecule has 1 fully saturated rings. The van der Waals surface area contributed by atoms with Crippen LogP contribution in [0.1, 0.15) is 52.6 Å². The SMILES string of the molecule is [C]1=c2ccc(Cc3ccccc3)cc2=c2cc(Cc3ccccc3)c(=C3CC3)c(C3=CC=CC3)c21. The zero-order valence-electron chi connectivity index (χ0n) is 19.9. The zero-order valence-corrected chi connectivity index (χ0v) is 19.9. The summed E-state index contributed by atoms with van der Waals surface area (Å²) in [6, 6.07) is 31.2. The monoisotopic (exact) mass is 447 g/mol. The molecule has 0 aliphatic heterocycles. The van der Waals surface area contributed by atoms with Crippen LogP contribution in [-0.4, -0.2) is 0 Å². The lowest BCUT2D eigenvalue weighted by Crippen LogP contribution is -2.18. The Labute approximate surface area is 206 Å². The molecule has 3 aliphatic rings. The first kappa shape index (κ1) is 20.5. The van der Waals surface area contributed by atoms with Crippen LogP contribution >= 0.6 is 0 Å². The molecule has 0 bridgehead atoms. The van der Waals surface area contributed by atoms with E-state index in [1.54, 1.807) is 5.57 Å². The van der Waals surface area contributed by atoms with Gasteiger partial charge in [0.15, 0.2) is 0 Å². The van der Waals surface area contributed by atoms with E-state index in [9.17, 15) is 0 Å². The van der Waals surface area contributed by atoms with Crippen molar-refractivity contribution >= 4 is 17.2 Å². The second kappa shape index (κ2) is 8.40. The van der Waals surface area contributed by atoms with Crippen LogP contribution in [0.25, 0.3) is 17.2 Å². The molecule has 0 N–H and O–H groups in total. The van der Waals surface area contributed by atoms with E-state index in [1.165, 1.54) is 72.7 Å². The highest BCUT2D eigenvalue weighted by molar-refractivity contribution is 5.82. The van der Waals surface area contributed by atoms with Crippen LogP contribution in [0.2, 0.25) is 0 Å². The van der Waals surface area contributed by atoms with Crippen LogP contribution in [0.5, 0.6) is 0 Å². The maximum absolute atomic E-state index is 3.85. The van der Waals surface area contributed by atoms with Crippen molar-refractivity contribution in [2.75, 3.05) is 0 Å². The highest BCUT2D eigenvalue weighted by Crippen LogP contribution is 2.34. The Bertz CT molecular complexity index is 1730. The third-order valence-corrected chi connectivity index (χ3v) is 7.48. The van der Waals surface area contributed by atoms with Crippen molar-refractivity contribution < 1.29 is 0 Å². The molecule has 1 radical (unpaired) electrons. The fraction of sp³-hybridized carbons (Fsp3) is 0.143. The van der Waals surface area contributed by atoms with Crippen LogP contribution in [0, 0.1) is 10.4 Å². The molecular formula is C35H27. The number of allylic oxidation sites excluding steroid dienone is 4. The number of rotatable bonds is 5. The first-order valence-electron chi connectivity index (χ1n) is 12.7.